The molecule has 1 aromatic rings. The smallest absolute Gasteiger partial charge is 0.194 e. The highest BCUT2D eigenvalue weighted by Gasteiger charge is 2.19. The van der Waals surface area contributed by atoms with Crippen molar-refractivity contribution in [2.75, 3.05) is 65.7 Å². The van der Waals surface area contributed by atoms with E-state index in [2.05, 4.69) is 53.2 Å². The van der Waals surface area contributed by atoms with E-state index in [1.165, 1.54) is 11.1 Å². The number of benzene rings is 1. The minimum absolute atomic E-state index is 0. The van der Waals surface area contributed by atoms with Crippen molar-refractivity contribution >= 4 is 29.9 Å². The Morgan fingerprint density at radius 1 is 1.19 bits per heavy atom. The first-order valence-electron chi connectivity index (χ1n) is 11.7. The molecule has 0 unspecified atom stereocenters. The third-order valence-corrected chi connectivity index (χ3v) is 5.90. The summed E-state index contributed by atoms with van der Waals surface area (Å²) in [7, 11) is 0. The molecule has 2 aliphatic rings. The van der Waals surface area contributed by atoms with E-state index in [1.807, 2.05) is 0 Å². The molecule has 7 heteroatoms. The number of rotatable bonds is 9. The van der Waals surface area contributed by atoms with Crippen LogP contribution in [-0.4, -0.2) is 81.5 Å². The maximum absolute atomic E-state index is 5.87. The van der Waals surface area contributed by atoms with E-state index in [4.69, 9.17) is 14.5 Å². The van der Waals surface area contributed by atoms with Crippen molar-refractivity contribution < 1.29 is 9.47 Å². The minimum atomic E-state index is 0. The molecule has 1 N–H and O–H groups in total. The average Bonchev–Trinajstić information content (AvgIpc) is 2.77. The van der Waals surface area contributed by atoms with Gasteiger partial charge in [0, 0.05) is 72.2 Å². The third kappa shape index (κ3) is 9.63. The Kier molecular flexibility index (Phi) is 12.8. The molecule has 0 atom stereocenters. The lowest BCUT2D eigenvalue weighted by atomic mass is 10.0. The number of piperazine rings is 1. The van der Waals surface area contributed by atoms with Crippen LogP contribution in [0.25, 0.3) is 0 Å². The maximum Gasteiger partial charge on any atom is 0.194 e. The van der Waals surface area contributed by atoms with Crippen LogP contribution < -0.4 is 5.32 Å². The Morgan fingerprint density at radius 2 is 1.97 bits per heavy atom. The number of guanidine groups is 1. The zero-order valence-corrected chi connectivity index (χ0v) is 21.7. The van der Waals surface area contributed by atoms with Gasteiger partial charge in [-0.05, 0) is 44.6 Å². The van der Waals surface area contributed by atoms with Gasteiger partial charge >= 0.3 is 0 Å². The normalized spacial score (nSPS) is 18.6. The molecule has 2 aliphatic heterocycles. The van der Waals surface area contributed by atoms with Crippen LogP contribution in [0.4, 0.5) is 0 Å². The Hall–Kier alpha value is -0.900. The first-order chi connectivity index (χ1) is 14.7. The summed E-state index contributed by atoms with van der Waals surface area (Å²) in [6.45, 7) is 14.7. The quantitative estimate of drug-likeness (QED) is 0.223. The fraction of sp³-hybridized carbons (Fsp3) is 0.708. The van der Waals surface area contributed by atoms with Crippen LogP contribution >= 0.6 is 24.0 Å². The number of nitrogens with zero attached hydrogens (tertiary/aromatic N) is 3. The van der Waals surface area contributed by atoms with Gasteiger partial charge in [-0.3, -0.25) is 9.89 Å². The largest absolute Gasteiger partial charge is 0.381 e. The molecule has 0 spiro atoms. The molecule has 0 bridgehead atoms. The van der Waals surface area contributed by atoms with Gasteiger partial charge in [0.15, 0.2) is 5.96 Å². The van der Waals surface area contributed by atoms with Crippen LogP contribution in [0, 0.1) is 12.8 Å². The topological polar surface area (TPSA) is 49.3 Å². The molecule has 2 fully saturated rings. The van der Waals surface area contributed by atoms with Gasteiger partial charge in [0.2, 0.25) is 0 Å². The maximum atomic E-state index is 5.87. The van der Waals surface area contributed by atoms with Crippen molar-refractivity contribution in [3.05, 3.63) is 35.4 Å². The predicted molar refractivity (Wildman–Crippen MR) is 138 cm³/mol. The molecule has 31 heavy (non-hydrogen) atoms. The molecular weight excluding hydrogens is 503 g/mol. The van der Waals surface area contributed by atoms with Crippen LogP contribution in [0.15, 0.2) is 29.3 Å². The third-order valence-electron chi connectivity index (χ3n) is 5.90. The highest BCUT2D eigenvalue weighted by atomic mass is 127. The molecule has 0 radical (unpaired) electrons. The van der Waals surface area contributed by atoms with Gasteiger partial charge in [-0.15, -0.1) is 24.0 Å². The molecule has 176 valence electrons. The molecule has 0 aromatic heterocycles. The van der Waals surface area contributed by atoms with Gasteiger partial charge in [0.05, 0.1) is 0 Å². The number of nitrogens with one attached hydrogen (secondary N) is 1. The van der Waals surface area contributed by atoms with E-state index in [0.29, 0.717) is 5.92 Å². The van der Waals surface area contributed by atoms with Crippen molar-refractivity contribution in [3.8, 4) is 0 Å². The van der Waals surface area contributed by atoms with Gasteiger partial charge in [-0.2, -0.15) is 0 Å². The summed E-state index contributed by atoms with van der Waals surface area (Å²) < 4.78 is 11.3. The Balaban J connectivity index is 0.00000341. The first kappa shape index (κ1) is 26.4. The van der Waals surface area contributed by atoms with Crippen molar-refractivity contribution in [2.24, 2.45) is 10.9 Å². The van der Waals surface area contributed by atoms with E-state index in [1.54, 1.807) is 0 Å². The number of ether oxygens (including phenoxy) is 2. The minimum Gasteiger partial charge on any atom is -0.381 e. The second kappa shape index (κ2) is 15.0. The summed E-state index contributed by atoms with van der Waals surface area (Å²) in [6.07, 6.45) is 3.25. The summed E-state index contributed by atoms with van der Waals surface area (Å²) in [6, 6.07) is 8.85. The molecule has 0 saturated carbocycles. The van der Waals surface area contributed by atoms with Crippen molar-refractivity contribution in [1.29, 1.82) is 0 Å². The zero-order valence-electron chi connectivity index (χ0n) is 19.4. The van der Waals surface area contributed by atoms with E-state index in [0.717, 1.165) is 97.5 Å². The zero-order chi connectivity index (χ0) is 21.0. The summed E-state index contributed by atoms with van der Waals surface area (Å²) >= 11 is 0. The molecular formula is C24H41IN4O2. The number of aryl methyl sites for hydroxylation is 1. The monoisotopic (exact) mass is 544 g/mol. The molecule has 3 rings (SSSR count). The van der Waals surface area contributed by atoms with Gasteiger partial charge in [0.25, 0.3) is 0 Å². The van der Waals surface area contributed by atoms with E-state index in [-0.39, 0.29) is 24.0 Å². The lowest BCUT2D eigenvalue weighted by Crippen LogP contribution is -2.52. The van der Waals surface area contributed by atoms with Gasteiger partial charge in [-0.25, -0.2) is 0 Å². The van der Waals surface area contributed by atoms with Crippen LogP contribution in [0.1, 0.15) is 37.3 Å². The number of hydrogen-bond acceptors (Lipinski definition) is 4. The number of hydrogen-bond donors (Lipinski definition) is 1. The Morgan fingerprint density at radius 3 is 2.68 bits per heavy atom. The van der Waals surface area contributed by atoms with Crippen LogP contribution in [0.2, 0.25) is 0 Å². The van der Waals surface area contributed by atoms with Crippen molar-refractivity contribution in [2.45, 2.75) is 39.7 Å². The lowest BCUT2D eigenvalue weighted by molar-refractivity contribution is 0.0205. The van der Waals surface area contributed by atoms with Crippen LogP contribution in [0.3, 0.4) is 0 Å². The summed E-state index contributed by atoms with van der Waals surface area (Å²) in [4.78, 5) is 9.80. The predicted octanol–water partition coefficient (Wildman–Crippen LogP) is 3.53. The fourth-order valence-corrected chi connectivity index (χ4v) is 4.13. The standard InChI is InChI=1S/C24H40N4O2.HI/c1-3-25-24(26-10-5-15-30-20-22-8-16-29-17-9-22)28-13-11-27(12-14-28)19-23-7-4-6-21(2)18-23;/h4,6-7,18,22H,3,5,8-17,19-20H2,1-2H3,(H,25,26);1H. The average molecular weight is 545 g/mol. The molecule has 0 aliphatic carbocycles. The molecule has 0 amide bonds. The summed E-state index contributed by atoms with van der Waals surface area (Å²) in [5, 5.41) is 3.47. The van der Waals surface area contributed by atoms with Gasteiger partial charge in [-0.1, -0.05) is 29.8 Å². The first-order valence-corrected chi connectivity index (χ1v) is 11.7. The van der Waals surface area contributed by atoms with Crippen LogP contribution in [0.5, 0.6) is 0 Å². The van der Waals surface area contributed by atoms with Crippen molar-refractivity contribution in [1.82, 2.24) is 15.1 Å². The van der Waals surface area contributed by atoms with Gasteiger partial charge in [0.1, 0.15) is 0 Å². The molecule has 2 saturated heterocycles. The number of halogens is 1. The van der Waals surface area contributed by atoms with E-state index in [9.17, 15) is 0 Å². The van der Waals surface area contributed by atoms with E-state index < -0.39 is 0 Å². The van der Waals surface area contributed by atoms with Crippen LogP contribution in [-0.2, 0) is 16.0 Å². The van der Waals surface area contributed by atoms with E-state index >= 15 is 0 Å². The summed E-state index contributed by atoms with van der Waals surface area (Å²) in [5.74, 6) is 1.73. The summed E-state index contributed by atoms with van der Waals surface area (Å²) in [5.41, 5.74) is 2.74. The SMILES string of the molecule is CCNC(=NCCCOCC1CCOCC1)N1CCN(Cc2cccc(C)c2)CC1.I. The Labute approximate surface area is 205 Å². The fourth-order valence-electron chi connectivity index (χ4n) is 4.13. The van der Waals surface area contributed by atoms with Crippen molar-refractivity contribution in [3.63, 3.8) is 0 Å². The Bertz CT molecular complexity index is 644. The van der Waals surface area contributed by atoms with Gasteiger partial charge < -0.3 is 19.7 Å². The number of aliphatic imine (C=N–C) groups is 1. The molecule has 2 heterocycles. The highest BCUT2D eigenvalue weighted by Crippen LogP contribution is 2.15. The lowest BCUT2D eigenvalue weighted by Gasteiger charge is -2.36. The molecule has 6 nitrogen and oxygen atoms in total. The second-order valence-corrected chi connectivity index (χ2v) is 8.47. The second-order valence-electron chi connectivity index (χ2n) is 8.47. The molecule has 1 aromatic carbocycles. The highest BCUT2D eigenvalue weighted by molar-refractivity contribution is 14.0.